The predicted octanol–water partition coefficient (Wildman–Crippen LogP) is 8.65. The number of hydrogen-bond acceptors (Lipinski definition) is 2. The third kappa shape index (κ3) is 6.11. The molecule has 0 radical (unpaired) electrons. The summed E-state index contributed by atoms with van der Waals surface area (Å²) in [5.74, 6) is -0.796. The van der Waals surface area contributed by atoms with Crippen molar-refractivity contribution in [2.75, 3.05) is 0 Å². The van der Waals surface area contributed by atoms with Gasteiger partial charge >= 0.3 is 6.18 Å². The van der Waals surface area contributed by atoms with Crippen LogP contribution in [0.4, 0.5) is 22.0 Å². The van der Waals surface area contributed by atoms with Gasteiger partial charge in [0.25, 0.3) is 0 Å². The first kappa shape index (κ1) is 27.5. The maximum absolute atomic E-state index is 13.8. The number of aliphatic hydroxyl groups is 1. The van der Waals surface area contributed by atoms with Gasteiger partial charge < -0.3 is 9.84 Å². The minimum Gasteiger partial charge on any atom is -0.392 e. The van der Waals surface area contributed by atoms with Crippen molar-refractivity contribution in [2.24, 2.45) is 0 Å². The number of rotatable bonds is 8. The van der Waals surface area contributed by atoms with Crippen LogP contribution in [0.25, 0.3) is 22.3 Å². The van der Waals surface area contributed by atoms with Crippen molar-refractivity contribution in [1.82, 2.24) is 0 Å². The van der Waals surface area contributed by atoms with Crippen LogP contribution in [-0.4, -0.2) is 5.11 Å². The molecule has 4 rings (SSSR count). The van der Waals surface area contributed by atoms with E-state index in [0.717, 1.165) is 23.3 Å². The van der Waals surface area contributed by atoms with Gasteiger partial charge in [-0.2, -0.15) is 13.2 Å². The Morgan fingerprint density at radius 1 is 0.763 bits per heavy atom. The molecular formula is C31H27F5O2. The summed E-state index contributed by atoms with van der Waals surface area (Å²) >= 11 is 0. The third-order valence-electron chi connectivity index (χ3n) is 6.41. The topological polar surface area (TPSA) is 29.5 Å². The zero-order valence-corrected chi connectivity index (χ0v) is 20.9. The summed E-state index contributed by atoms with van der Waals surface area (Å²) in [6.07, 6.45) is -4.46. The Kier molecular flexibility index (Phi) is 8.29. The monoisotopic (exact) mass is 526 g/mol. The van der Waals surface area contributed by atoms with Crippen molar-refractivity contribution in [1.29, 1.82) is 0 Å². The molecule has 0 atom stereocenters. The fraction of sp³-hybridized carbons (Fsp3) is 0.226. The van der Waals surface area contributed by atoms with E-state index in [-0.39, 0.29) is 31.6 Å². The first-order chi connectivity index (χ1) is 18.1. The minimum atomic E-state index is -4.46. The number of benzene rings is 4. The van der Waals surface area contributed by atoms with Gasteiger partial charge in [0.05, 0.1) is 25.4 Å². The molecule has 0 aromatic heterocycles. The Morgan fingerprint density at radius 3 is 1.92 bits per heavy atom. The summed E-state index contributed by atoms with van der Waals surface area (Å²) in [6.45, 7) is 3.63. The van der Waals surface area contributed by atoms with E-state index in [1.54, 1.807) is 30.3 Å². The van der Waals surface area contributed by atoms with E-state index >= 15 is 0 Å². The van der Waals surface area contributed by atoms with Gasteiger partial charge in [-0.25, -0.2) is 8.78 Å². The first-order valence-corrected chi connectivity index (χ1v) is 12.1. The fourth-order valence-electron chi connectivity index (χ4n) is 4.59. The van der Waals surface area contributed by atoms with Gasteiger partial charge in [0.15, 0.2) is 0 Å². The molecule has 0 unspecified atom stereocenters. The molecule has 7 heteroatoms. The van der Waals surface area contributed by atoms with Gasteiger partial charge in [-0.15, -0.1) is 0 Å². The third-order valence-corrected chi connectivity index (χ3v) is 6.41. The molecule has 1 N–H and O–H groups in total. The van der Waals surface area contributed by atoms with E-state index in [9.17, 15) is 27.1 Å². The van der Waals surface area contributed by atoms with Crippen LogP contribution in [0.15, 0.2) is 78.9 Å². The van der Waals surface area contributed by atoms with E-state index in [1.165, 1.54) is 30.3 Å². The van der Waals surface area contributed by atoms with Gasteiger partial charge in [-0.05, 0) is 86.8 Å². The second-order valence-electron chi connectivity index (χ2n) is 9.36. The summed E-state index contributed by atoms with van der Waals surface area (Å²) in [7, 11) is 0. The van der Waals surface area contributed by atoms with E-state index in [2.05, 4.69) is 0 Å². The number of alkyl halides is 3. The standard InChI is InChI=1S/C31H27F5O2/c1-19(2)26-15-27(21-6-10-24(32)11-7-21)28(16-37)30(22-8-12-25(33)13-9-22)29(26)18-38-17-20-4-3-5-23(14-20)31(34,35)36/h3-15,19,37H,16-18H2,1-2H3. The average molecular weight is 527 g/mol. The van der Waals surface area contributed by atoms with Crippen molar-refractivity contribution in [3.63, 3.8) is 0 Å². The van der Waals surface area contributed by atoms with Crippen molar-refractivity contribution >= 4 is 0 Å². The maximum atomic E-state index is 13.8. The Balaban J connectivity index is 1.81. The van der Waals surface area contributed by atoms with Gasteiger partial charge in [0, 0.05) is 0 Å². The van der Waals surface area contributed by atoms with Crippen molar-refractivity contribution in [3.05, 3.63) is 118 Å². The molecule has 0 fully saturated rings. The van der Waals surface area contributed by atoms with Crippen LogP contribution >= 0.6 is 0 Å². The van der Waals surface area contributed by atoms with Crippen molar-refractivity contribution in [2.45, 2.75) is 45.8 Å². The first-order valence-electron chi connectivity index (χ1n) is 12.1. The molecule has 0 bridgehead atoms. The van der Waals surface area contributed by atoms with Gasteiger partial charge in [-0.1, -0.05) is 56.3 Å². The molecule has 0 saturated heterocycles. The van der Waals surface area contributed by atoms with Crippen LogP contribution in [0.2, 0.25) is 0 Å². The Morgan fingerprint density at radius 2 is 1.37 bits per heavy atom. The number of hydrogen-bond donors (Lipinski definition) is 1. The molecular weight excluding hydrogens is 499 g/mol. The van der Waals surface area contributed by atoms with Gasteiger partial charge in [0.2, 0.25) is 0 Å². The molecule has 4 aromatic rings. The van der Waals surface area contributed by atoms with Crippen LogP contribution in [0.3, 0.4) is 0 Å². The summed E-state index contributed by atoms with van der Waals surface area (Å²) in [4.78, 5) is 0. The summed E-state index contributed by atoms with van der Waals surface area (Å²) < 4.78 is 72.8. The lowest BCUT2D eigenvalue weighted by atomic mass is 9.82. The Labute approximate surface area is 218 Å². The minimum absolute atomic E-state index is 0.00768. The molecule has 0 aliphatic rings. The molecule has 0 aliphatic heterocycles. The second kappa shape index (κ2) is 11.5. The normalized spacial score (nSPS) is 11.8. The Bertz CT molecular complexity index is 1390. The fourth-order valence-corrected chi connectivity index (χ4v) is 4.59. The van der Waals surface area contributed by atoms with Crippen LogP contribution < -0.4 is 0 Å². The zero-order chi connectivity index (χ0) is 27.4. The number of aliphatic hydroxyl groups excluding tert-OH is 1. The number of halogens is 5. The van der Waals surface area contributed by atoms with Crippen LogP contribution in [0, 0.1) is 11.6 Å². The number of ether oxygens (including phenoxy) is 1. The molecule has 0 spiro atoms. The highest BCUT2D eigenvalue weighted by molar-refractivity contribution is 5.82. The molecule has 38 heavy (non-hydrogen) atoms. The van der Waals surface area contributed by atoms with Crippen LogP contribution in [-0.2, 0) is 30.7 Å². The van der Waals surface area contributed by atoms with Crippen LogP contribution in [0.5, 0.6) is 0 Å². The van der Waals surface area contributed by atoms with E-state index < -0.39 is 17.6 Å². The highest BCUT2D eigenvalue weighted by Gasteiger charge is 2.30. The molecule has 198 valence electrons. The molecule has 0 aliphatic carbocycles. The highest BCUT2D eigenvalue weighted by Crippen LogP contribution is 2.40. The molecule has 4 aromatic carbocycles. The predicted molar refractivity (Wildman–Crippen MR) is 137 cm³/mol. The van der Waals surface area contributed by atoms with E-state index in [0.29, 0.717) is 33.4 Å². The molecule has 0 amide bonds. The van der Waals surface area contributed by atoms with Gasteiger partial charge in [0.1, 0.15) is 11.6 Å². The molecule has 2 nitrogen and oxygen atoms in total. The second-order valence-corrected chi connectivity index (χ2v) is 9.36. The SMILES string of the molecule is CC(C)c1cc(-c2ccc(F)cc2)c(CO)c(-c2ccc(F)cc2)c1COCc1cccc(C(F)(F)F)c1. The summed E-state index contributed by atoms with van der Waals surface area (Å²) in [5, 5.41) is 10.5. The highest BCUT2D eigenvalue weighted by atomic mass is 19.4. The quantitative estimate of drug-likeness (QED) is 0.233. The maximum Gasteiger partial charge on any atom is 0.416 e. The van der Waals surface area contributed by atoms with E-state index in [1.807, 2.05) is 19.9 Å². The average Bonchev–Trinajstić information content (AvgIpc) is 2.88. The Hall–Kier alpha value is -3.55. The smallest absolute Gasteiger partial charge is 0.392 e. The van der Waals surface area contributed by atoms with Crippen molar-refractivity contribution < 1.29 is 31.8 Å². The lowest BCUT2D eigenvalue weighted by molar-refractivity contribution is -0.137. The zero-order valence-electron chi connectivity index (χ0n) is 20.9. The van der Waals surface area contributed by atoms with Gasteiger partial charge in [-0.3, -0.25) is 0 Å². The van der Waals surface area contributed by atoms with Crippen molar-refractivity contribution in [3.8, 4) is 22.3 Å². The largest absolute Gasteiger partial charge is 0.416 e. The summed E-state index contributed by atoms with van der Waals surface area (Å²) in [5.41, 5.74) is 4.54. The lowest BCUT2D eigenvalue weighted by Crippen LogP contribution is -2.08. The molecule has 0 saturated carbocycles. The molecule has 0 heterocycles. The van der Waals surface area contributed by atoms with Crippen LogP contribution in [0.1, 0.15) is 47.6 Å². The summed E-state index contributed by atoms with van der Waals surface area (Å²) in [6, 6.07) is 18.7. The van der Waals surface area contributed by atoms with E-state index in [4.69, 9.17) is 4.74 Å². The lowest BCUT2D eigenvalue weighted by Gasteiger charge is -2.24.